The molecule has 1 atom stereocenters. The molecular formula is C6H14O9S3. The molecule has 110 valence electrons. The summed E-state index contributed by atoms with van der Waals surface area (Å²) in [6.45, 7) is 1.61. The normalized spacial score (nSPS) is 15.8. The second-order valence-corrected chi connectivity index (χ2v) is 8.60. The van der Waals surface area contributed by atoms with Gasteiger partial charge in [-0.1, -0.05) is 19.8 Å². The fourth-order valence-corrected chi connectivity index (χ4v) is 6.07. The molecule has 0 aromatic heterocycles. The molecule has 12 heteroatoms. The van der Waals surface area contributed by atoms with Gasteiger partial charge in [0.15, 0.2) is 0 Å². The summed E-state index contributed by atoms with van der Waals surface area (Å²) in [6.07, 6.45) is -0.0821. The first-order chi connectivity index (χ1) is 7.81. The zero-order chi connectivity index (χ0) is 14.8. The van der Waals surface area contributed by atoms with Crippen LogP contribution in [0.1, 0.15) is 26.2 Å². The van der Waals surface area contributed by atoms with Gasteiger partial charge in [0.05, 0.1) is 0 Å². The monoisotopic (exact) mass is 326 g/mol. The fourth-order valence-electron chi connectivity index (χ4n) is 1.37. The minimum atomic E-state index is -5.41. The highest BCUT2D eigenvalue weighted by Gasteiger charge is 2.48. The molecule has 9 nitrogen and oxygen atoms in total. The molecule has 0 aliphatic heterocycles. The number of rotatable bonds is 7. The second kappa shape index (κ2) is 5.79. The van der Waals surface area contributed by atoms with E-state index in [9.17, 15) is 25.3 Å². The summed E-state index contributed by atoms with van der Waals surface area (Å²) in [6, 6.07) is 0. The SMILES string of the molecule is CCCCC(C(S(=O)(=O)O)S(=O)(=O)O)S(=O)(=O)O. The molecule has 0 radical (unpaired) electrons. The van der Waals surface area contributed by atoms with Crippen molar-refractivity contribution in [3.8, 4) is 0 Å². The van der Waals surface area contributed by atoms with Crippen LogP contribution in [0.15, 0.2) is 0 Å². The third-order valence-corrected chi connectivity index (χ3v) is 7.02. The first-order valence-corrected chi connectivity index (χ1v) is 9.21. The van der Waals surface area contributed by atoms with Crippen molar-refractivity contribution in [3.63, 3.8) is 0 Å². The summed E-state index contributed by atoms with van der Waals surface area (Å²) in [7, 11) is -15.9. The standard InChI is InChI=1S/C6H14O9S3/c1-2-3-4-5(16(7,8)9)6(17(10,11)12)18(13,14)15/h5-6H,2-4H2,1H3,(H,7,8,9)(H,10,11,12)(H,13,14,15). The molecular weight excluding hydrogens is 312 g/mol. The van der Waals surface area contributed by atoms with E-state index in [1.165, 1.54) is 0 Å². The van der Waals surface area contributed by atoms with E-state index in [1.54, 1.807) is 6.92 Å². The lowest BCUT2D eigenvalue weighted by atomic mass is 10.2. The second-order valence-electron chi connectivity index (χ2n) is 3.59. The van der Waals surface area contributed by atoms with E-state index < -0.39 is 46.6 Å². The first-order valence-electron chi connectivity index (χ1n) is 4.70. The lowest BCUT2D eigenvalue weighted by molar-refractivity contribution is 0.426. The van der Waals surface area contributed by atoms with Gasteiger partial charge in [-0.2, -0.15) is 25.3 Å². The average molecular weight is 326 g/mol. The maximum absolute atomic E-state index is 11.0. The highest BCUT2D eigenvalue weighted by molar-refractivity contribution is 8.05. The van der Waals surface area contributed by atoms with Crippen LogP contribution in [0.25, 0.3) is 0 Å². The van der Waals surface area contributed by atoms with Crippen LogP contribution in [0, 0.1) is 0 Å². The van der Waals surface area contributed by atoms with Gasteiger partial charge in [0, 0.05) is 0 Å². The van der Waals surface area contributed by atoms with Crippen LogP contribution in [0.5, 0.6) is 0 Å². The Hall–Kier alpha value is -0.270. The van der Waals surface area contributed by atoms with Crippen molar-refractivity contribution >= 4 is 30.4 Å². The molecule has 0 aliphatic carbocycles. The largest absolute Gasteiger partial charge is 0.286 e. The lowest BCUT2D eigenvalue weighted by Gasteiger charge is -2.19. The van der Waals surface area contributed by atoms with Crippen LogP contribution < -0.4 is 0 Å². The van der Waals surface area contributed by atoms with E-state index in [1.807, 2.05) is 0 Å². The number of hydrogen-bond donors (Lipinski definition) is 3. The molecule has 3 N–H and O–H groups in total. The van der Waals surface area contributed by atoms with Crippen molar-refractivity contribution in [1.82, 2.24) is 0 Å². The quantitative estimate of drug-likeness (QED) is 0.525. The fraction of sp³-hybridized carbons (Fsp3) is 1.00. The van der Waals surface area contributed by atoms with E-state index in [2.05, 4.69) is 0 Å². The minimum absolute atomic E-state index is 0.0754. The summed E-state index contributed by atoms with van der Waals surface area (Å²) in [5.41, 5.74) is 0. The van der Waals surface area contributed by atoms with Gasteiger partial charge in [-0.05, 0) is 6.42 Å². The van der Waals surface area contributed by atoms with Crippen LogP contribution in [0.4, 0.5) is 0 Å². The van der Waals surface area contributed by atoms with Gasteiger partial charge in [-0.15, -0.1) is 0 Å². The molecule has 0 amide bonds. The van der Waals surface area contributed by atoms with Gasteiger partial charge >= 0.3 is 0 Å². The molecule has 0 saturated heterocycles. The summed E-state index contributed by atoms with van der Waals surface area (Å²) in [4.78, 5) is 0. The predicted octanol–water partition coefficient (Wildman–Crippen LogP) is -0.465. The van der Waals surface area contributed by atoms with Gasteiger partial charge in [0.2, 0.25) is 4.58 Å². The highest BCUT2D eigenvalue weighted by Crippen LogP contribution is 2.22. The van der Waals surface area contributed by atoms with E-state index in [0.717, 1.165) is 0 Å². The van der Waals surface area contributed by atoms with Crippen LogP contribution in [-0.4, -0.2) is 48.7 Å². The van der Waals surface area contributed by atoms with Gasteiger partial charge in [0.25, 0.3) is 30.4 Å². The van der Waals surface area contributed by atoms with E-state index in [0.29, 0.717) is 6.42 Å². The molecule has 0 aromatic carbocycles. The van der Waals surface area contributed by atoms with Crippen molar-refractivity contribution in [3.05, 3.63) is 0 Å². The Kier molecular flexibility index (Phi) is 5.71. The molecule has 0 fully saturated rings. The van der Waals surface area contributed by atoms with E-state index in [4.69, 9.17) is 13.7 Å². The van der Waals surface area contributed by atoms with Crippen LogP contribution in [0.3, 0.4) is 0 Å². The Labute approximate surface area is 105 Å². The van der Waals surface area contributed by atoms with Crippen molar-refractivity contribution in [2.45, 2.75) is 36.0 Å². The highest BCUT2D eigenvalue weighted by atomic mass is 32.3. The molecule has 0 spiro atoms. The number of hydrogen-bond acceptors (Lipinski definition) is 6. The molecule has 0 aliphatic rings. The molecule has 18 heavy (non-hydrogen) atoms. The maximum atomic E-state index is 11.0. The van der Waals surface area contributed by atoms with Gasteiger partial charge in [0.1, 0.15) is 5.25 Å². The Morgan fingerprint density at radius 3 is 1.44 bits per heavy atom. The Morgan fingerprint density at radius 2 is 1.22 bits per heavy atom. The van der Waals surface area contributed by atoms with Crippen LogP contribution in [-0.2, 0) is 30.4 Å². The third-order valence-electron chi connectivity index (χ3n) is 2.12. The Balaban J connectivity index is 5.83. The van der Waals surface area contributed by atoms with Crippen molar-refractivity contribution < 1.29 is 38.9 Å². The van der Waals surface area contributed by atoms with Crippen molar-refractivity contribution in [2.75, 3.05) is 0 Å². The zero-order valence-corrected chi connectivity index (χ0v) is 11.7. The molecule has 1 unspecified atom stereocenters. The topological polar surface area (TPSA) is 163 Å². The zero-order valence-electron chi connectivity index (χ0n) is 9.29. The lowest BCUT2D eigenvalue weighted by Crippen LogP contribution is -2.44. The smallest absolute Gasteiger partial charge is 0.285 e. The van der Waals surface area contributed by atoms with E-state index >= 15 is 0 Å². The summed E-state index contributed by atoms with van der Waals surface area (Å²) in [5.74, 6) is 0. The minimum Gasteiger partial charge on any atom is -0.285 e. The average Bonchev–Trinajstić information content (AvgIpc) is 2.05. The van der Waals surface area contributed by atoms with Gasteiger partial charge < -0.3 is 0 Å². The Morgan fingerprint density at radius 1 is 0.833 bits per heavy atom. The molecule has 0 bridgehead atoms. The van der Waals surface area contributed by atoms with Gasteiger partial charge in [-0.3, -0.25) is 13.7 Å². The summed E-state index contributed by atoms with van der Waals surface area (Å²) in [5, 5.41) is -2.34. The predicted molar refractivity (Wildman–Crippen MR) is 61.7 cm³/mol. The number of unbranched alkanes of at least 4 members (excludes halogenated alkanes) is 1. The van der Waals surface area contributed by atoms with E-state index in [-0.39, 0.29) is 6.42 Å². The van der Waals surface area contributed by atoms with Crippen LogP contribution in [0.2, 0.25) is 0 Å². The Bertz CT molecular complexity index is 538. The van der Waals surface area contributed by atoms with Crippen molar-refractivity contribution in [1.29, 1.82) is 0 Å². The first kappa shape index (κ1) is 17.7. The molecule has 0 saturated carbocycles. The molecule has 0 rings (SSSR count). The van der Waals surface area contributed by atoms with Crippen LogP contribution >= 0.6 is 0 Å². The maximum Gasteiger partial charge on any atom is 0.286 e. The van der Waals surface area contributed by atoms with Crippen molar-refractivity contribution in [2.24, 2.45) is 0 Å². The molecule has 0 heterocycles. The molecule has 0 aromatic rings. The third kappa shape index (κ3) is 5.16. The van der Waals surface area contributed by atoms with Gasteiger partial charge in [-0.25, -0.2) is 0 Å². The summed E-state index contributed by atoms with van der Waals surface area (Å²) >= 11 is 0. The summed E-state index contributed by atoms with van der Waals surface area (Å²) < 4.78 is 88.6.